The second-order valence-electron chi connectivity index (χ2n) is 7.73. The highest BCUT2D eigenvalue weighted by atomic mass is 32.1. The van der Waals surface area contributed by atoms with Crippen molar-refractivity contribution in [1.82, 2.24) is 15.2 Å². The quantitative estimate of drug-likeness (QED) is 0.398. The topological polar surface area (TPSA) is 118 Å². The van der Waals surface area contributed by atoms with Gasteiger partial charge in [0, 0.05) is 11.8 Å². The summed E-state index contributed by atoms with van der Waals surface area (Å²) in [6, 6.07) is 13.7. The Morgan fingerprint density at radius 3 is 2.65 bits per heavy atom. The maximum absolute atomic E-state index is 13.3. The lowest BCUT2D eigenvalue weighted by atomic mass is 10.0. The molecule has 4 rings (SSSR count). The number of ether oxygens (including phenoxy) is 1. The molecule has 34 heavy (non-hydrogen) atoms. The summed E-state index contributed by atoms with van der Waals surface area (Å²) in [6.07, 6.45) is 0.113. The van der Waals surface area contributed by atoms with Crippen LogP contribution in [0, 0.1) is 6.92 Å². The zero-order chi connectivity index (χ0) is 24.2. The van der Waals surface area contributed by atoms with Crippen LogP contribution in [0.4, 0.5) is 9.93 Å². The van der Waals surface area contributed by atoms with Gasteiger partial charge in [0.15, 0.2) is 10.8 Å². The fourth-order valence-corrected chi connectivity index (χ4v) is 4.40. The van der Waals surface area contributed by atoms with Crippen molar-refractivity contribution in [2.45, 2.75) is 25.4 Å². The summed E-state index contributed by atoms with van der Waals surface area (Å²) in [5, 5.41) is 6.93. The van der Waals surface area contributed by atoms with E-state index in [0.717, 1.165) is 27.4 Å². The number of aryl methyl sites for hydroxylation is 1. The first-order chi connectivity index (χ1) is 16.4. The molecule has 2 aromatic carbocycles. The van der Waals surface area contributed by atoms with E-state index in [0.29, 0.717) is 5.56 Å². The molecular formula is C24H22N4O5S. The molecule has 0 spiro atoms. The van der Waals surface area contributed by atoms with E-state index in [1.807, 2.05) is 55.5 Å². The Hall–Kier alpha value is -4.05. The minimum Gasteiger partial charge on any atom is -0.464 e. The molecule has 1 unspecified atom stereocenters. The number of amides is 4. The summed E-state index contributed by atoms with van der Waals surface area (Å²) < 4.78 is 4.64. The molecule has 0 saturated carbocycles. The molecule has 2 N–H and O–H groups in total. The van der Waals surface area contributed by atoms with E-state index < -0.39 is 35.9 Å². The minimum atomic E-state index is -1.13. The monoisotopic (exact) mass is 478 g/mol. The Morgan fingerprint density at radius 1 is 1.18 bits per heavy atom. The van der Waals surface area contributed by atoms with Crippen LogP contribution in [0.2, 0.25) is 0 Å². The van der Waals surface area contributed by atoms with E-state index in [1.165, 1.54) is 12.5 Å². The molecule has 1 aliphatic rings. The van der Waals surface area contributed by atoms with Gasteiger partial charge in [-0.25, -0.2) is 19.5 Å². The molecule has 1 aliphatic heterocycles. The number of benzene rings is 2. The number of aromatic nitrogens is 1. The third-order valence-corrected chi connectivity index (χ3v) is 6.12. The van der Waals surface area contributed by atoms with Crippen molar-refractivity contribution < 1.29 is 23.9 Å². The predicted molar refractivity (Wildman–Crippen MR) is 125 cm³/mol. The normalized spacial score (nSPS) is 16.2. The van der Waals surface area contributed by atoms with Gasteiger partial charge < -0.3 is 15.4 Å². The van der Waals surface area contributed by atoms with E-state index >= 15 is 0 Å². The lowest BCUT2D eigenvalue weighted by Gasteiger charge is -2.24. The predicted octanol–water partition coefficient (Wildman–Crippen LogP) is 3.08. The zero-order valence-electron chi connectivity index (χ0n) is 18.5. The molecular weight excluding hydrogens is 456 g/mol. The molecule has 9 nitrogen and oxygen atoms in total. The van der Waals surface area contributed by atoms with E-state index in [-0.39, 0.29) is 17.2 Å². The van der Waals surface area contributed by atoms with Crippen LogP contribution < -0.4 is 10.6 Å². The molecule has 10 heteroatoms. The molecule has 2 heterocycles. The molecule has 1 saturated heterocycles. The Bertz CT molecular complexity index is 1240. The summed E-state index contributed by atoms with van der Waals surface area (Å²) in [7, 11) is 1.23. The lowest BCUT2D eigenvalue weighted by molar-refractivity contribution is -0.134. The Kier molecular flexibility index (Phi) is 6.69. The van der Waals surface area contributed by atoms with Crippen LogP contribution in [0.25, 0.3) is 0 Å². The van der Waals surface area contributed by atoms with Gasteiger partial charge in [0.25, 0.3) is 5.91 Å². The van der Waals surface area contributed by atoms with Crippen molar-refractivity contribution in [2.75, 3.05) is 12.4 Å². The first kappa shape index (κ1) is 23.1. The van der Waals surface area contributed by atoms with Crippen molar-refractivity contribution in [3.8, 4) is 0 Å². The van der Waals surface area contributed by atoms with Gasteiger partial charge in [-0.1, -0.05) is 60.2 Å². The molecule has 1 aromatic heterocycles. The fraction of sp³-hybridized carbons (Fsp3) is 0.208. The molecule has 4 amide bonds. The van der Waals surface area contributed by atoms with Gasteiger partial charge in [0.05, 0.1) is 7.11 Å². The van der Waals surface area contributed by atoms with Gasteiger partial charge in [-0.05, 0) is 18.1 Å². The Balaban J connectivity index is 1.62. The Morgan fingerprint density at radius 2 is 1.94 bits per heavy atom. The van der Waals surface area contributed by atoms with E-state index in [2.05, 4.69) is 20.4 Å². The molecule has 3 aromatic rings. The first-order valence-corrected chi connectivity index (χ1v) is 11.3. The summed E-state index contributed by atoms with van der Waals surface area (Å²) in [5.74, 6) is -1.74. The number of carbonyl (C=O) groups is 4. The molecule has 1 fully saturated rings. The number of rotatable bonds is 7. The second kappa shape index (κ2) is 9.84. The number of hydrogen-bond donors (Lipinski definition) is 2. The summed E-state index contributed by atoms with van der Waals surface area (Å²) in [6.45, 7) is 1.89. The summed E-state index contributed by atoms with van der Waals surface area (Å²) in [5.41, 5.74) is 2.41. The van der Waals surface area contributed by atoms with Gasteiger partial charge >= 0.3 is 12.0 Å². The number of thiazole rings is 1. The van der Waals surface area contributed by atoms with E-state index in [9.17, 15) is 19.2 Å². The van der Waals surface area contributed by atoms with Crippen molar-refractivity contribution in [3.05, 3.63) is 82.4 Å². The summed E-state index contributed by atoms with van der Waals surface area (Å²) in [4.78, 5) is 56.3. The molecule has 2 atom stereocenters. The standard InChI is InChI=1S/C24H22N4O5S/c1-14-7-6-10-16(11-14)19-21(30)28(24(32)26-19)18(12-15-8-4-3-5-9-15)20(29)27-23-25-17(13-34-23)22(31)33-2/h3-11,13,18-19H,12H2,1-2H3,(H,26,32)(H,25,27,29)/t18-,19?/m0/s1. The van der Waals surface area contributed by atoms with E-state index in [4.69, 9.17) is 0 Å². The maximum atomic E-state index is 13.3. The lowest BCUT2D eigenvalue weighted by Crippen LogP contribution is -2.49. The minimum absolute atomic E-state index is 0.0527. The van der Waals surface area contributed by atoms with Gasteiger partial charge in [0.1, 0.15) is 12.1 Å². The number of methoxy groups -OCH3 is 1. The van der Waals surface area contributed by atoms with Crippen LogP contribution in [0.5, 0.6) is 0 Å². The third kappa shape index (κ3) is 4.81. The molecule has 0 aliphatic carbocycles. The summed E-state index contributed by atoms with van der Waals surface area (Å²) >= 11 is 1.04. The Labute approximate surface area is 199 Å². The SMILES string of the molecule is COC(=O)c1csc(NC(=O)[C@H](Cc2ccccc2)N2C(=O)NC(c3cccc(C)c3)C2=O)n1. The van der Waals surface area contributed by atoms with Crippen LogP contribution >= 0.6 is 11.3 Å². The van der Waals surface area contributed by atoms with Crippen molar-refractivity contribution in [3.63, 3.8) is 0 Å². The number of nitrogens with one attached hydrogen (secondary N) is 2. The van der Waals surface area contributed by atoms with Gasteiger partial charge in [0.2, 0.25) is 5.91 Å². The highest BCUT2D eigenvalue weighted by molar-refractivity contribution is 7.14. The number of anilines is 1. The van der Waals surface area contributed by atoms with Crippen LogP contribution in [0.15, 0.2) is 60.0 Å². The molecule has 174 valence electrons. The molecule has 0 bridgehead atoms. The fourth-order valence-electron chi connectivity index (χ4n) is 3.72. The number of urea groups is 1. The maximum Gasteiger partial charge on any atom is 0.357 e. The van der Waals surface area contributed by atoms with E-state index in [1.54, 1.807) is 6.07 Å². The van der Waals surface area contributed by atoms with Crippen molar-refractivity contribution in [1.29, 1.82) is 0 Å². The average Bonchev–Trinajstić information content (AvgIpc) is 3.41. The van der Waals surface area contributed by atoms with Crippen LogP contribution in [-0.2, 0) is 20.7 Å². The highest BCUT2D eigenvalue weighted by Gasteiger charge is 2.45. The van der Waals surface area contributed by atoms with Crippen molar-refractivity contribution in [2.24, 2.45) is 0 Å². The number of carbonyl (C=O) groups excluding carboxylic acids is 4. The van der Waals surface area contributed by atoms with Crippen LogP contribution in [0.1, 0.15) is 33.2 Å². The highest BCUT2D eigenvalue weighted by Crippen LogP contribution is 2.26. The number of nitrogens with zero attached hydrogens (tertiary/aromatic N) is 2. The third-order valence-electron chi connectivity index (χ3n) is 5.36. The molecule has 0 radical (unpaired) electrons. The van der Waals surface area contributed by atoms with Gasteiger partial charge in [-0.2, -0.15) is 0 Å². The first-order valence-electron chi connectivity index (χ1n) is 10.5. The van der Waals surface area contributed by atoms with Gasteiger partial charge in [-0.15, -0.1) is 11.3 Å². The zero-order valence-corrected chi connectivity index (χ0v) is 19.3. The number of imide groups is 1. The van der Waals surface area contributed by atoms with Crippen LogP contribution in [0.3, 0.4) is 0 Å². The largest absolute Gasteiger partial charge is 0.464 e. The number of hydrogen-bond acceptors (Lipinski definition) is 7. The van der Waals surface area contributed by atoms with Crippen molar-refractivity contribution >= 4 is 40.3 Å². The number of esters is 1. The van der Waals surface area contributed by atoms with Crippen LogP contribution in [-0.4, -0.2) is 46.9 Å². The smallest absolute Gasteiger partial charge is 0.357 e. The van der Waals surface area contributed by atoms with Gasteiger partial charge in [-0.3, -0.25) is 9.59 Å². The second-order valence-corrected chi connectivity index (χ2v) is 8.59. The average molecular weight is 479 g/mol.